The molecule has 0 aliphatic rings. The minimum Gasteiger partial charge on any atom is -0.497 e. The molecule has 0 fully saturated rings. The molecule has 2 rings (SSSR count). The molecule has 6 nitrogen and oxygen atoms in total. The van der Waals surface area contributed by atoms with Crippen LogP contribution in [0.2, 0.25) is 0 Å². The number of alkyl halides is 3. The number of carbonyl (C=O) groups is 1. The quantitative estimate of drug-likeness (QED) is 0.647. The fourth-order valence-corrected chi connectivity index (χ4v) is 3.12. The molecule has 0 N–H and O–H groups in total. The van der Waals surface area contributed by atoms with Gasteiger partial charge in [0.2, 0.25) is 10.0 Å². The summed E-state index contributed by atoms with van der Waals surface area (Å²) >= 11 is 0. The number of hydrogen-bond acceptors (Lipinski definition) is 5. The van der Waals surface area contributed by atoms with Gasteiger partial charge in [0.25, 0.3) is 0 Å². The van der Waals surface area contributed by atoms with E-state index in [9.17, 15) is 26.4 Å². The van der Waals surface area contributed by atoms with Crippen molar-refractivity contribution in [1.82, 2.24) is 0 Å². The van der Waals surface area contributed by atoms with Crippen molar-refractivity contribution < 1.29 is 35.9 Å². The Morgan fingerprint density at radius 1 is 1.11 bits per heavy atom. The number of rotatable bonds is 7. The lowest BCUT2D eigenvalue weighted by Crippen LogP contribution is -2.35. The topological polar surface area (TPSA) is 72.9 Å². The van der Waals surface area contributed by atoms with Gasteiger partial charge in [0.05, 0.1) is 24.6 Å². The predicted octanol–water partition coefficient (Wildman–Crippen LogP) is 3.22. The zero-order valence-corrected chi connectivity index (χ0v) is 15.9. The van der Waals surface area contributed by atoms with E-state index in [0.29, 0.717) is 21.7 Å². The van der Waals surface area contributed by atoms with E-state index in [4.69, 9.17) is 9.47 Å². The molecule has 0 amide bonds. The molecular weight excluding hydrogens is 399 g/mol. The Bertz CT molecular complexity index is 927. The van der Waals surface area contributed by atoms with Crippen molar-refractivity contribution in [2.24, 2.45) is 0 Å². The average Bonchev–Trinajstić information content (AvgIpc) is 2.63. The van der Waals surface area contributed by atoms with Gasteiger partial charge in [-0.2, -0.15) is 13.2 Å². The van der Waals surface area contributed by atoms with Crippen LogP contribution in [0.1, 0.15) is 11.1 Å². The highest BCUT2D eigenvalue weighted by molar-refractivity contribution is 7.92. The van der Waals surface area contributed by atoms with E-state index < -0.39 is 34.3 Å². The van der Waals surface area contributed by atoms with Crippen LogP contribution in [0.3, 0.4) is 0 Å². The van der Waals surface area contributed by atoms with Gasteiger partial charge in [-0.3, -0.25) is 9.10 Å². The molecule has 152 valence electrons. The van der Waals surface area contributed by atoms with E-state index in [0.717, 1.165) is 18.4 Å². The van der Waals surface area contributed by atoms with Gasteiger partial charge in [0.15, 0.2) is 0 Å². The third-order valence-electron chi connectivity index (χ3n) is 3.69. The normalized spacial score (nSPS) is 11.8. The number of methoxy groups -OCH3 is 1. The first-order valence-corrected chi connectivity index (χ1v) is 9.79. The smallest absolute Gasteiger partial charge is 0.416 e. The van der Waals surface area contributed by atoms with Crippen LogP contribution in [0.5, 0.6) is 5.75 Å². The molecule has 0 aliphatic carbocycles. The molecule has 0 spiro atoms. The fourth-order valence-electron chi connectivity index (χ4n) is 2.29. The number of anilines is 1. The molecule has 0 aromatic heterocycles. The standard InChI is InChI=1S/C18H18F3NO5S/c1-26-16-8-6-13(7-9-16)12-27-17(23)11-22(28(2,24)25)15-5-3-4-14(10-15)18(19,20)21/h3-10H,11-12H2,1-2H3. The summed E-state index contributed by atoms with van der Waals surface area (Å²) < 4.78 is 73.3. The summed E-state index contributed by atoms with van der Waals surface area (Å²) in [7, 11) is -2.52. The Morgan fingerprint density at radius 2 is 1.75 bits per heavy atom. The first-order chi connectivity index (χ1) is 13.0. The second kappa shape index (κ2) is 8.51. The third-order valence-corrected chi connectivity index (χ3v) is 4.83. The lowest BCUT2D eigenvalue weighted by Gasteiger charge is -2.22. The van der Waals surface area contributed by atoms with Crippen LogP contribution in [0.4, 0.5) is 18.9 Å². The molecule has 0 unspecified atom stereocenters. The van der Waals surface area contributed by atoms with Crippen LogP contribution < -0.4 is 9.04 Å². The van der Waals surface area contributed by atoms with E-state index >= 15 is 0 Å². The summed E-state index contributed by atoms with van der Waals surface area (Å²) in [6, 6.07) is 10.4. The molecule has 10 heteroatoms. The fraction of sp³-hybridized carbons (Fsp3) is 0.278. The van der Waals surface area contributed by atoms with E-state index in [1.165, 1.54) is 13.2 Å². The zero-order valence-electron chi connectivity index (χ0n) is 15.1. The van der Waals surface area contributed by atoms with Gasteiger partial charge in [0.1, 0.15) is 18.9 Å². The van der Waals surface area contributed by atoms with Gasteiger partial charge < -0.3 is 9.47 Å². The molecule has 0 heterocycles. The number of esters is 1. The van der Waals surface area contributed by atoms with Crippen molar-refractivity contribution in [1.29, 1.82) is 0 Å². The van der Waals surface area contributed by atoms with Crippen LogP contribution >= 0.6 is 0 Å². The molecule has 2 aromatic carbocycles. The molecule has 0 saturated carbocycles. The van der Waals surface area contributed by atoms with Crippen molar-refractivity contribution in [2.45, 2.75) is 12.8 Å². The maximum Gasteiger partial charge on any atom is 0.416 e. The van der Waals surface area contributed by atoms with Gasteiger partial charge in [-0.25, -0.2) is 8.42 Å². The van der Waals surface area contributed by atoms with E-state index in [-0.39, 0.29) is 12.3 Å². The Kier molecular flexibility index (Phi) is 6.55. The molecule has 0 bridgehead atoms. The average molecular weight is 417 g/mol. The van der Waals surface area contributed by atoms with Crippen molar-refractivity contribution in [3.8, 4) is 5.75 Å². The highest BCUT2D eigenvalue weighted by Gasteiger charge is 2.32. The molecule has 0 atom stereocenters. The summed E-state index contributed by atoms with van der Waals surface area (Å²) in [6.45, 7) is -0.876. The highest BCUT2D eigenvalue weighted by Crippen LogP contribution is 2.32. The third kappa shape index (κ3) is 5.88. The number of carbonyl (C=O) groups excluding carboxylic acids is 1. The van der Waals surface area contributed by atoms with E-state index in [1.807, 2.05) is 0 Å². The van der Waals surface area contributed by atoms with Crippen molar-refractivity contribution >= 4 is 21.7 Å². The summed E-state index contributed by atoms with van der Waals surface area (Å²) in [5, 5.41) is 0. The number of ether oxygens (including phenoxy) is 2. The second-order valence-corrected chi connectivity index (χ2v) is 7.73. The van der Waals surface area contributed by atoms with Gasteiger partial charge in [-0.15, -0.1) is 0 Å². The summed E-state index contributed by atoms with van der Waals surface area (Å²) in [6.07, 6.45) is -3.85. The van der Waals surface area contributed by atoms with Crippen LogP contribution in [0, 0.1) is 0 Å². The van der Waals surface area contributed by atoms with Crippen molar-refractivity contribution in [2.75, 3.05) is 24.2 Å². The number of hydrogen-bond donors (Lipinski definition) is 0. The maximum absolute atomic E-state index is 12.9. The van der Waals surface area contributed by atoms with Crippen LogP contribution in [0.25, 0.3) is 0 Å². The SMILES string of the molecule is COc1ccc(COC(=O)CN(c2cccc(C(F)(F)F)c2)S(C)(=O)=O)cc1. The molecule has 2 aromatic rings. The molecule has 0 radical (unpaired) electrons. The van der Waals surface area contributed by atoms with Crippen LogP contribution in [-0.4, -0.2) is 34.3 Å². The number of benzene rings is 2. The Balaban J connectivity index is 2.13. The Hall–Kier alpha value is -2.75. The Labute approximate surface area is 160 Å². The maximum atomic E-state index is 12.9. The van der Waals surface area contributed by atoms with E-state index in [2.05, 4.69) is 0 Å². The second-order valence-electron chi connectivity index (χ2n) is 5.83. The first kappa shape index (κ1) is 21.5. The van der Waals surface area contributed by atoms with Gasteiger partial charge in [-0.05, 0) is 35.9 Å². The monoisotopic (exact) mass is 417 g/mol. The summed E-state index contributed by atoms with van der Waals surface area (Å²) in [5.41, 5.74) is -0.664. The van der Waals surface area contributed by atoms with Crippen LogP contribution in [-0.2, 0) is 32.3 Å². The number of halogens is 3. The molecular formula is C18H18F3NO5S. The predicted molar refractivity (Wildman–Crippen MR) is 96.4 cm³/mol. The number of sulfonamides is 1. The van der Waals surface area contributed by atoms with E-state index in [1.54, 1.807) is 24.3 Å². The molecule has 0 saturated heterocycles. The van der Waals surface area contributed by atoms with Gasteiger partial charge in [-0.1, -0.05) is 18.2 Å². The lowest BCUT2D eigenvalue weighted by molar-refractivity contribution is -0.143. The number of nitrogens with zero attached hydrogens (tertiary/aromatic N) is 1. The first-order valence-electron chi connectivity index (χ1n) is 7.94. The lowest BCUT2D eigenvalue weighted by atomic mass is 10.2. The summed E-state index contributed by atoms with van der Waals surface area (Å²) in [5.74, 6) is -0.290. The van der Waals surface area contributed by atoms with Crippen LogP contribution in [0.15, 0.2) is 48.5 Å². The molecule has 28 heavy (non-hydrogen) atoms. The minimum atomic E-state index is -4.64. The minimum absolute atomic E-state index is 0.122. The molecule has 0 aliphatic heterocycles. The highest BCUT2D eigenvalue weighted by atomic mass is 32.2. The summed E-state index contributed by atoms with van der Waals surface area (Å²) in [4.78, 5) is 12.1. The van der Waals surface area contributed by atoms with Crippen molar-refractivity contribution in [3.05, 3.63) is 59.7 Å². The van der Waals surface area contributed by atoms with Crippen molar-refractivity contribution in [3.63, 3.8) is 0 Å². The van der Waals surface area contributed by atoms with Gasteiger partial charge in [0, 0.05) is 0 Å². The Morgan fingerprint density at radius 3 is 2.29 bits per heavy atom. The zero-order chi connectivity index (χ0) is 20.9. The largest absolute Gasteiger partial charge is 0.497 e. The van der Waals surface area contributed by atoms with Gasteiger partial charge >= 0.3 is 12.1 Å².